The van der Waals surface area contributed by atoms with Gasteiger partial charge in [-0.3, -0.25) is 0 Å². The van der Waals surface area contributed by atoms with Gasteiger partial charge < -0.3 is 9.47 Å². The van der Waals surface area contributed by atoms with Gasteiger partial charge in [-0.15, -0.1) is 0 Å². The first-order valence-corrected chi connectivity index (χ1v) is 8.28. The zero-order valence-corrected chi connectivity index (χ0v) is 14.9. The number of aromatic nitrogens is 1. The summed E-state index contributed by atoms with van der Waals surface area (Å²) in [4.78, 5) is 16.8. The lowest BCUT2D eigenvalue weighted by Gasteiger charge is -2.14. The van der Waals surface area contributed by atoms with Gasteiger partial charge >= 0.3 is 5.97 Å². The molecule has 1 heterocycles. The summed E-state index contributed by atoms with van der Waals surface area (Å²) in [5, 5.41) is 0.859. The molecule has 0 amide bonds. The molecule has 0 radical (unpaired) electrons. The zero-order valence-electron chi connectivity index (χ0n) is 13.3. The summed E-state index contributed by atoms with van der Waals surface area (Å²) >= 11 is 3.39. The molecule has 0 saturated heterocycles. The van der Waals surface area contributed by atoms with E-state index < -0.39 is 5.97 Å². The molecule has 0 saturated carbocycles. The van der Waals surface area contributed by atoms with Gasteiger partial charge in [0.15, 0.2) is 5.69 Å². The molecule has 4 nitrogen and oxygen atoms in total. The van der Waals surface area contributed by atoms with Crippen LogP contribution in [0.5, 0.6) is 5.75 Å². The van der Waals surface area contributed by atoms with Crippen molar-refractivity contribution in [1.82, 2.24) is 4.98 Å². The molecule has 0 N–H and O–H groups in total. The third kappa shape index (κ3) is 3.41. The molecular weight excluding hydrogens is 370 g/mol. The van der Waals surface area contributed by atoms with Crippen LogP contribution in [0.15, 0.2) is 59.1 Å². The van der Waals surface area contributed by atoms with Gasteiger partial charge in [-0.1, -0.05) is 40.2 Å². The Morgan fingerprint density at radius 3 is 2.54 bits per heavy atom. The van der Waals surface area contributed by atoms with E-state index in [2.05, 4.69) is 20.9 Å². The zero-order chi connectivity index (χ0) is 17.1. The van der Waals surface area contributed by atoms with Crippen molar-refractivity contribution in [2.45, 2.75) is 13.0 Å². The summed E-state index contributed by atoms with van der Waals surface area (Å²) in [5.74, 6) is 0.123. The Morgan fingerprint density at radius 1 is 1.12 bits per heavy atom. The van der Waals surface area contributed by atoms with E-state index in [1.807, 2.05) is 55.5 Å². The number of benzene rings is 2. The average Bonchev–Trinajstić information content (AvgIpc) is 2.61. The highest BCUT2D eigenvalue weighted by Gasteiger charge is 2.17. The normalized spacial score (nSPS) is 12.0. The molecule has 122 valence electrons. The van der Waals surface area contributed by atoms with Crippen molar-refractivity contribution in [1.29, 1.82) is 0 Å². The number of fused-ring (bicyclic) bond motifs is 1. The maximum absolute atomic E-state index is 12.5. The lowest BCUT2D eigenvalue weighted by molar-refractivity contribution is 0.0331. The van der Waals surface area contributed by atoms with Crippen LogP contribution in [0, 0.1) is 0 Å². The maximum Gasteiger partial charge on any atom is 0.357 e. The first-order chi connectivity index (χ1) is 11.6. The Kier molecular flexibility index (Phi) is 4.81. The molecule has 24 heavy (non-hydrogen) atoms. The Balaban J connectivity index is 1.87. The second-order valence-corrected chi connectivity index (χ2v) is 6.24. The smallest absolute Gasteiger partial charge is 0.357 e. The van der Waals surface area contributed by atoms with Gasteiger partial charge in [-0.2, -0.15) is 0 Å². The van der Waals surface area contributed by atoms with E-state index in [1.54, 1.807) is 13.2 Å². The molecule has 0 aliphatic rings. The van der Waals surface area contributed by atoms with Crippen molar-refractivity contribution < 1.29 is 14.3 Å². The number of halogens is 1. The van der Waals surface area contributed by atoms with Crippen molar-refractivity contribution in [2.24, 2.45) is 0 Å². The van der Waals surface area contributed by atoms with E-state index in [0.29, 0.717) is 11.3 Å². The first kappa shape index (κ1) is 16.5. The van der Waals surface area contributed by atoms with Crippen LogP contribution in [0.4, 0.5) is 0 Å². The molecule has 0 bridgehead atoms. The van der Waals surface area contributed by atoms with Gasteiger partial charge in [0.1, 0.15) is 11.9 Å². The molecule has 3 rings (SSSR count). The number of carbonyl (C=O) groups excluding carboxylic acids is 1. The van der Waals surface area contributed by atoms with Crippen molar-refractivity contribution in [3.63, 3.8) is 0 Å². The number of methoxy groups -OCH3 is 1. The van der Waals surface area contributed by atoms with Crippen LogP contribution in [-0.4, -0.2) is 18.1 Å². The first-order valence-electron chi connectivity index (χ1n) is 7.48. The van der Waals surface area contributed by atoms with E-state index in [9.17, 15) is 4.79 Å². The largest absolute Gasteiger partial charge is 0.496 e. The summed E-state index contributed by atoms with van der Waals surface area (Å²) in [6.45, 7) is 1.83. The number of para-hydroxylation sites is 1. The fourth-order valence-electron chi connectivity index (χ4n) is 2.44. The molecule has 0 unspecified atom stereocenters. The molecule has 0 aliphatic carbocycles. The van der Waals surface area contributed by atoms with Gasteiger partial charge in [0, 0.05) is 15.9 Å². The Hall–Kier alpha value is -2.40. The van der Waals surface area contributed by atoms with Gasteiger partial charge in [0.05, 0.1) is 12.6 Å². The summed E-state index contributed by atoms with van der Waals surface area (Å²) in [6.07, 6.45) is -0.370. The van der Waals surface area contributed by atoms with Crippen LogP contribution in [0.2, 0.25) is 0 Å². The summed E-state index contributed by atoms with van der Waals surface area (Å²) < 4.78 is 11.9. The van der Waals surface area contributed by atoms with Crippen LogP contribution < -0.4 is 4.74 Å². The SMILES string of the molecule is COc1cc(C(=O)O[C@H](C)c2ccc(Br)cc2)nc2ccccc12. The third-order valence-corrected chi connectivity index (χ3v) is 4.26. The van der Waals surface area contributed by atoms with Crippen molar-refractivity contribution in [2.75, 3.05) is 7.11 Å². The fraction of sp³-hybridized carbons (Fsp3) is 0.158. The summed E-state index contributed by atoms with van der Waals surface area (Å²) in [7, 11) is 1.57. The average molecular weight is 386 g/mol. The van der Waals surface area contributed by atoms with Crippen LogP contribution >= 0.6 is 15.9 Å². The van der Waals surface area contributed by atoms with E-state index in [-0.39, 0.29) is 11.8 Å². The predicted molar refractivity (Wildman–Crippen MR) is 96.3 cm³/mol. The topological polar surface area (TPSA) is 48.4 Å². The number of hydrogen-bond donors (Lipinski definition) is 0. The van der Waals surface area contributed by atoms with Crippen LogP contribution in [0.25, 0.3) is 10.9 Å². The fourth-order valence-corrected chi connectivity index (χ4v) is 2.70. The minimum Gasteiger partial charge on any atom is -0.496 e. The number of pyridine rings is 1. The highest BCUT2D eigenvalue weighted by atomic mass is 79.9. The monoisotopic (exact) mass is 385 g/mol. The van der Waals surface area contributed by atoms with Crippen molar-refractivity contribution in [3.8, 4) is 5.75 Å². The van der Waals surface area contributed by atoms with Crippen LogP contribution in [-0.2, 0) is 4.74 Å². The third-order valence-electron chi connectivity index (χ3n) is 3.73. The van der Waals surface area contributed by atoms with Gasteiger partial charge in [-0.05, 0) is 36.8 Å². The molecule has 5 heteroatoms. The highest BCUT2D eigenvalue weighted by molar-refractivity contribution is 9.10. The van der Waals surface area contributed by atoms with Crippen LogP contribution in [0.1, 0.15) is 29.1 Å². The van der Waals surface area contributed by atoms with E-state index in [0.717, 1.165) is 15.4 Å². The molecule has 0 aliphatic heterocycles. The highest BCUT2D eigenvalue weighted by Crippen LogP contribution is 2.26. The van der Waals surface area contributed by atoms with Crippen LogP contribution in [0.3, 0.4) is 0 Å². The number of hydrogen-bond acceptors (Lipinski definition) is 4. The number of ether oxygens (including phenoxy) is 2. The molecule has 1 atom stereocenters. The number of esters is 1. The standard InChI is InChI=1S/C19H16BrNO3/c1-12(13-7-9-14(20)10-8-13)24-19(22)17-11-18(23-2)15-5-3-4-6-16(15)21-17/h3-12H,1-2H3/t12-/m1/s1. The Labute approximate surface area is 148 Å². The molecule has 0 fully saturated rings. The maximum atomic E-state index is 12.5. The minimum atomic E-state index is -0.477. The minimum absolute atomic E-state index is 0.231. The van der Waals surface area contributed by atoms with Gasteiger partial charge in [0.2, 0.25) is 0 Å². The van der Waals surface area contributed by atoms with Crippen molar-refractivity contribution >= 4 is 32.8 Å². The van der Waals surface area contributed by atoms with E-state index >= 15 is 0 Å². The molecule has 3 aromatic rings. The Morgan fingerprint density at radius 2 is 1.83 bits per heavy atom. The van der Waals surface area contributed by atoms with Gasteiger partial charge in [0.25, 0.3) is 0 Å². The quantitative estimate of drug-likeness (QED) is 0.597. The molecule has 1 aromatic heterocycles. The molecule has 0 spiro atoms. The van der Waals surface area contributed by atoms with Crippen molar-refractivity contribution in [3.05, 3.63) is 70.3 Å². The van der Waals surface area contributed by atoms with Gasteiger partial charge in [-0.25, -0.2) is 9.78 Å². The number of rotatable bonds is 4. The lowest BCUT2D eigenvalue weighted by Crippen LogP contribution is -2.11. The summed E-state index contributed by atoms with van der Waals surface area (Å²) in [5.41, 5.74) is 1.84. The lowest BCUT2D eigenvalue weighted by atomic mass is 10.1. The second kappa shape index (κ2) is 7.01. The van der Waals surface area contributed by atoms with E-state index in [1.165, 1.54) is 0 Å². The molecular formula is C19H16BrNO3. The number of carbonyl (C=O) groups is 1. The predicted octanol–water partition coefficient (Wildman–Crippen LogP) is 4.92. The summed E-state index contributed by atoms with van der Waals surface area (Å²) in [6, 6.07) is 16.8. The second-order valence-electron chi connectivity index (χ2n) is 5.33. The Bertz CT molecular complexity index is 877. The van der Waals surface area contributed by atoms with E-state index in [4.69, 9.17) is 9.47 Å². The number of nitrogens with zero attached hydrogens (tertiary/aromatic N) is 1. The molecule has 2 aromatic carbocycles.